The summed E-state index contributed by atoms with van der Waals surface area (Å²) in [5.41, 5.74) is 2.81. The largest absolute Gasteiger partial charge is 0.460 e. The van der Waals surface area contributed by atoms with Crippen molar-refractivity contribution < 1.29 is 14.0 Å². The van der Waals surface area contributed by atoms with Crippen LogP contribution in [0, 0.1) is 12.8 Å². The van der Waals surface area contributed by atoms with Crippen LogP contribution in [0.2, 0.25) is 5.02 Å². The van der Waals surface area contributed by atoms with Crippen LogP contribution in [0.25, 0.3) is 0 Å². The van der Waals surface area contributed by atoms with E-state index in [1.54, 1.807) is 36.4 Å². The minimum Gasteiger partial charge on any atom is -0.460 e. The van der Waals surface area contributed by atoms with Crippen molar-refractivity contribution >= 4 is 29.6 Å². The quantitative estimate of drug-likeness (QED) is 0.612. The van der Waals surface area contributed by atoms with Crippen LogP contribution in [-0.2, 0) is 4.79 Å². The average Bonchev–Trinajstić information content (AvgIpc) is 2.97. The maximum Gasteiger partial charge on any atom is 0.262 e. The lowest BCUT2D eigenvalue weighted by molar-refractivity contribution is -0.123. The van der Waals surface area contributed by atoms with Gasteiger partial charge in [-0.05, 0) is 43.2 Å². The predicted octanol–water partition coefficient (Wildman–Crippen LogP) is 3.15. The number of aryl methyl sites for hydroxylation is 1. The first-order chi connectivity index (χ1) is 11.9. The molecule has 0 aliphatic carbocycles. The van der Waals surface area contributed by atoms with Gasteiger partial charge in [0.15, 0.2) is 0 Å². The van der Waals surface area contributed by atoms with Gasteiger partial charge in [0, 0.05) is 10.6 Å². The molecular formula is C18H20ClN3O3. The number of hydrazone groups is 1. The van der Waals surface area contributed by atoms with E-state index in [0.717, 1.165) is 5.76 Å². The predicted molar refractivity (Wildman–Crippen MR) is 96.7 cm³/mol. The Kier molecular flexibility index (Phi) is 6.36. The summed E-state index contributed by atoms with van der Waals surface area (Å²) in [5.74, 6) is 0.375. The molecule has 0 saturated heterocycles. The van der Waals surface area contributed by atoms with E-state index in [1.165, 1.54) is 6.21 Å². The second-order valence-corrected chi connectivity index (χ2v) is 6.32. The van der Waals surface area contributed by atoms with Gasteiger partial charge in [-0.15, -0.1) is 0 Å². The number of rotatable bonds is 6. The highest BCUT2D eigenvalue weighted by Gasteiger charge is 2.24. The van der Waals surface area contributed by atoms with E-state index in [0.29, 0.717) is 16.3 Å². The van der Waals surface area contributed by atoms with E-state index < -0.39 is 11.9 Å². The molecule has 0 aliphatic heterocycles. The Morgan fingerprint density at radius 2 is 2.00 bits per heavy atom. The first-order valence-electron chi connectivity index (χ1n) is 7.82. The Labute approximate surface area is 151 Å². The minimum atomic E-state index is -0.734. The zero-order valence-electron chi connectivity index (χ0n) is 14.2. The van der Waals surface area contributed by atoms with Gasteiger partial charge in [0.2, 0.25) is 0 Å². The molecule has 2 N–H and O–H groups in total. The average molecular weight is 362 g/mol. The summed E-state index contributed by atoms with van der Waals surface area (Å²) in [4.78, 5) is 24.6. The molecule has 1 aromatic heterocycles. The molecule has 0 saturated carbocycles. The van der Waals surface area contributed by atoms with Crippen molar-refractivity contribution in [3.8, 4) is 0 Å². The van der Waals surface area contributed by atoms with Crippen LogP contribution in [0.4, 0.5) is 0 Å². The molecule has 1 aromatic carbocycles. The van der Waals surface area contributed by atoms with Crippen LogP contribution < -0.4 is 10.7 Å². The van der Waals surface area contributed by atoms with E-state index >= 15 is 0 Å². The molecule has 1 unspecified atom stereocenters. The lowest BCUT2D eigenvalue weighted by atomic mass is 10.0. The molecule has 25 heavy (non-hydrogen) atoms. The van der Waals surface area contributed by atoms with Crippen LogP contribution in [0.5, 0.6) is 0 Å². The van der Waals surface area contributed by atoms with E-state index in [4.69, 9.17) is 16.0 Å². The fourth-order valence-electron chi connectivity index (χ4n) is 2.14. The van der Waals surface area contributed by atoms with Gasteiger partial charge in [-0.1, -0.05) is 31.5 Å². The van der Waals surface area contributed by atoms with Gasteiger partial charge in [0.05, 0.1) is 6.21 Å². The molecule has 132 valence electrons. The van der Waals surface area contributed by atoms with E-state index in [-0.39, 0.29) is 11.8 Å². The SMILES string of the molecule is Cc1ccc(C=NNC(=O)C(NC(=O)c2cccc(Cl)c2)C(C)C)o1. The molecule has 6 nitrogen and oxygen atoms in total. The molecule has 2 aromatic rings. The van der Waals surface area contributed by atoms with Gasteiger partial charge in [-0.2, -0.15) is 5.10 Å². The maximum atomic E-state index is 12.3. The Morgan fingerprint density at radius 1 is 1.24 bits per heavy atom. The molecule has 0 spiro atoms. The molecule has 1 heterocycles. The first kappa shape index (κ1) is 18.7. The Balaban J connectivity index is 2.00. The highest BCUT2D eigenvalue weighted by Crippen LogP contribution is 2.11. The van der Waals surface area contributed by atoms with Crippen molar-refractivity contribution in [3.63, 3.8) is 0 Å². The minimum absolute atomic E-state index is 0.121. The second-order valence-electron chi connectivity index (χ2n) is 5.89. The molecule has 0 radical (unpaired) electrons. The van der Waals surface area contributed by atoms with Crippen molar-refractivity contribution in [2.24, 2.45) is 11.0 Å². The van der Waals surface area contributed by atoms with Crippen molar-refractivity contribution in [3.05, 3.63) is 58.5 Å². The molecule has 7 heteroatoms. The zero-order chi connectivity index (χ0) is 18.4. The lowest BCUT2D eigenvalue weighted by Crippen LogP contribution is -2.48. The summed E-state index contributed by atoms with van der Waals surface area (Å²) >= 11 is 5.89. The van der Waals surface area contributed by atoms with Crippen molar-refractivity contribution in [1.82, 2.24) is 10.7 Å². The third kappa shape index (κ3) is 5.46. The van der Waals surface area contributed by atoms with Crippen LogP contribution in [0.15, 0.2) is 45.9 Å². The van der Waals surface area contributed by atoms with Gasteiger partial charge >= 0.3 is 0 Å². The summed E-state index contributed by atoms with van der Waals surface area (Å²) in [5, 5.41) is 7.02. The standard InChI is InChI=1S/C18H20ClN3O3/c1-11(2)16(21-17(23)13-5-4-6-14(19)9-13)18(24)22-20-10-15-8-7-12(3)25-15/h4-11,16H,1-3H3,(H,21,23)(H,22,24). The third-order valence-corrected chi connectivity index (χ3v) is 3.69. The van der Waals surface area contributed by atoms with E-state index in [9.17, 15) is 9.59 Å². The fraction of sp³-hybridized carbons (Fsp3) is 0.278. The number of carbonyl (C=O) groups is 2. The van der Waals surface area contributed by atoms with E-state index in [1.807, 2.05) is 20.8 Å². The number of amides is 2. The number of furan rings is 1. The summed E-state index contributed by atoms with van der Waals surface area (Å²) in [6.45, 7) is 5.49. The topological polar surface area (TPSA) is 83.7 Å². The third-order valence-electron chi connectivity index (χ3n) is 3.45. The number of hydrogen-bond donors (Lipinski definition) is 2. The lowest BCUT2D eigenvalue weighted by Gasteiger charge is -2.20. The van der Waals surface area contributed by atoms with Crippen LogP contribution in [0.1, 0.15) is 35.7 Å². The molecule has 0 aliphatic rings. The van der Waals surface area contributed by atoms with Gasteiger partial charge in [0.25, 0.3) is 11.8 Å². The summed E-state index contributed by atoms with van der Waals surface area (Å²) in [6.07, 6.45) is 1.40. The van der Waals surface area contributed by atoms with Crippen molar-refractivity contribution in [2.45, 2.75) is 26.8 Å². The Hall–Kier alpha value is -2.60. The molecule has 2 rings (SSSR count). The monoisotopic (exact) mass is 361 g/mol. The summed E-state index contributed by atoms with van der Waals surface area (Å²) < 4.78 is 5.32. The van der Waals surface area contributed by atoms with E-state index in [2.05, 4.69) is 15.8 Å². The van der Waals surface area contributed by atoms with Crippen LogP contribution in [0.3, 0.4) is 0 Å². The van der Waals surface area contributed by atoms with Gasteiger partial charge < -0.3 is 9.73 Å². The maximum absolute atomic E-state index is 12.3. The Bertz CT molecular complexity index is 783. The molecule has 1 atom stereocenters. The van der Waals surface area contributed by atoms with Crippen LogP contribution in [-0.4, -0.2) is 24.1 Å². The summed E-state index contributed by atoms with van der Waals surface area (Å²) in [6, 6.07) is 9.34. The Morgan fingerprint density at radius 3 is 2.60 bits per heavy atom. The number of nitrogens with one attached hydrogen (secondary N) is 2. The number of benzene rings is 1. The van der Waals surface area contributed by atoms with Gasteiger partial charge in [-0.3, -0.25) is 9.59 Å². The highest BCUT2D eigenvalue weighted by molar-refractivity contribution is 6.31. The normalized spacial score (nSPS) is 12.4. The first-order valence-corrected chi connectivity index (χ1v) is 8.20. The number of carbonyl (C=O) groups excluding carboxylic acids is 2. The molecular weight excluding hydrogens is 342 g/mol. The zero-order valence-corrected chi connectivity index (χ0v) is 15.0. The van der Waals surface area contributed by atoms with Crippen LogP contribution >= 0.6 is 11.6 Å². The number of halogens is 1. The fourth-order valence-corrected chi connectivity index (χ4v) is 2.33. The molecule has 0 bridgehead atoms. The van der Waals surface area contributed by atoms with Gasteiger partial charge in [0.1, 0.15) is 17.6 Å². The number of hydrogen-bond acceptors (Lipinski definition) is 4. The molecule has 0 fully saturated rings. The number of nitrogens with zero attached hydrogens (tertiary/aromatic N) is 1. The van der Waals surface area contributed by atoms with Crippen molar-refractivity contribution in [1.29, 1.82) is 0 Å². The molecule has 2 amide bonds. The second kappa shape index (κ2) is 8.48. The smallest absolute Gasteiger partial charge is 0.262 e. The summed E-state index contributed by atoms with van der Waals surface area (Å²) in [7, 11) is 0. The van der Waals surface area contributed by atoms with Crippen molar-refractivity contribution in [2.75, 3.05) is 0 Å². The highest BCUT2D eigenvalue weighted by atomic mass is 35.5. The van der Waals surface area contributed by atoms with Gasteiger partial charge in [-0.25, -0.2) is 5.43 Å².